The van der Waals surface area contributed by atoms with Crippen LogP contribution in [0, 0.1) is 0 Å². The van der Waals surface area contributed by atoms with Crippen molar-refractivity contribution in [3.05, 3.63) is 45.5 Å². The molecule has 1 aliphatic heterocycles. The number of hydrogen-bond donors (Lipinski definition) is 2. The maximum Gasteiger partial charge on any atom is 0.261 e. The smallest absolute Gasteiger partial charge is 0.261 e. The normalized spacial score (nSPS) is 17.7. The Morgan fingerprint density at radius 1 is 1.38 bits per heavy atom. The van der Waals surface area contributed by atoms with Crippen molar-refractivity contribution in [2.45, 2.75) is 39.0 Å². The van der Waals surface area contributed by atoms with Crippen LogP contribution in [-0.2, 0) is 17.9 Å². The van der Waals surface area contributed by atoms with Crippen LogP contribution in [0.1, 0.15) is 51.9 Å². The second kappa shape index (κ2) is 9.32. The van der Waals surface area contributed by atoms with E-state index in [1.807, 2.05) is 25.1 Å². The van der Waals surface area contributed by atoms with Crippen LogP contribution in [0.5, 0.6) is 0 Å². The van der Waals surface area contributed by atoms with Gasteiger partial charge in [-0.2, -0.15) is 0 Å². The van der Waals surface area contributed by atoms with Crippen LogP contribution in [-0.4, -0.2) is 42.2 Å². The second-order valence-electron chi connectivity index (χ2n) is 6.31. The Kier molecular flexibility index (Phi) is 6.85. The lowest BCUT2D eigenvalue weighted by molar-refractivity contribution is 0.0926. The minimum absolute atomic E-state index is 0.0378. The first-order valence-corrected chi connectivity index (χ1v) is 9.91. The van der Waals surface area contributed by atoms with Crippen LogP contribution < -0.4 is 5.32 Å². The van der Waals surface area contributed by atoms with Gasteiger partial charge in [-0.25, -0.2) is 0 Å². The van der Waals surface area contributed by atoms with Crippen LogP contribution in [0.15, 0.2) is 28.7 Å². The van der Waals surface area contributed by atoms with Crippen molar-refractivity contribution in [3.8, 4) is 0 Å². The molecule has 0 spiro atoms. The molecule has 3 heterocycles. The van der Waals surface area contributed by atoms with Gasteiger partial charge in [0.25, 0.3) is 5.91 Å². The van der Waals surface area contributed by atoms with E-state index in [1.54, 1.807) is 11.3 Å². The molecule has 0 aliphatic carbocycles. The van der Waals surface area contributed by atoms with E-state index in [1.165, 1.54) is 4.88 Å². The molecule has 0 saturated carbocycles. The van der Waals surface area contributed by atoms with Crippen molar-refractivity contribution in [2.75, 3.05) is 26.3 Å². The standard InChI is InChI=1S/C19H26N2O4S/c1-2-24-11-9-20-19(23)18-8-7-17(26-18)16-4-3-10-21(16)12-14-5-6-15(13-22)25-14/h5-8,16,22H,2-4,9-13H2,1H3,(H,20,23)/t16-/m0/s1. The molecule has 0 bridgehead atoms. The van der Waals surface area contributed by atoms with Crippen molar-refractivity contribution < 1.29 is 19.1 Å². The van der Waals surface area contributed by atoms with Gasteiger partial charge in [-0.05, 0) is 50.6 Å². The number of hydrogen-bond acceptors (Lipinski definition) is 6. The molecular weight excluding hydrogens is 352 g/mol. The SMILES string of the molecule is CCOCCNC(=O)c1ccc([C@@H]2CCCN2Cc2ccc(CO)o2)s1. The summed E-state index contributed by atoms with van der Waals surface area (Å²) < 4.78 is 10.9. The lowest BCUT2D eigenvalue weighted by Gasteiger charge is -2.22. The van der Waals surface area contributed by atoms with Crippen LogP contribution in [0.4, 0.5) is 0 Å². The fourth-order valence-electron chi connectivity index (χ4n) is 3.25. The van der Waals surface area contributed by atoms with Gasteiger partial charge in [0, 0.05) is 24.1 Å². The number of nitrogens with zero attached hydrogens (tertiary/aromatic N) is 1. The predicted octanol–water partition coefficient (Wildman–Crippen LogP) is 2.94. The predicted molar refractivity (Wildman–Crippen MR) is 100 cm³/mol. The molecule has 1 saturated heterocycles. The Bertz CT molecular complexity index is 712. The molecule has 3 rings (SSSR count). The maximum absolute atomic E-state index is 12.2. The molecule has 6 nitrogen and oxygen atoms in total. The Hall–Kier alpha value is -1.67. The van der Waals surface area contributed by atoms with Crippen LogP contribution in [0.25, 0.3) is 0 Å². The lowest BCUT2D eigenvalue weighted by atomic mass is 10.2. The van der Waals surface area contributed by atoms with Gasteiger partial charge in [0.05, 0.1) is 18.0 Å². The lowest BCUT2D eigenvalue weighted by Crippen LogP contribution is -2.26. The van der Waals surface area contributed by atoms with E-state index in [2.05, 4.69) is 16.3 Å². The molecule has 26 heavy (non-hydrogen) atoms. The molecule has 0 aromatic carbocycles. The fraction of sp³-hybridized carbons (Fsp3) is 0.526. The highest BCUT2D eigenvalue weighted by molar-refractivity contribution is 7.14. The average molecular weight is 378 g/mol. The zero-order chi connectivity index (χ0) is 18.4. The van der Waals surface area contributed by atoms with Gasteiger partial charge in [0.15, 0.2) is 0 Å². The number of thiophene rings is 1. The molecule has 1 amide bonds. The molecule has 2 aromatic rings. The first-order valence-electron chi connectivity index (χ1n) is 9.09. The van der Waals surface area contributed by atoms with Gasteiger partial charge in [-0.1, -0.05) is 0 Å². The number of carbonyl (C=O) groups excluding carboxylic acids is 1. The summed E-state index contributed by atoms with van der Waals surface area (Å²) in [6, 6.07) is 8.02. The third kappa shape index (κ3) is 4.73. The number of amides is 1. The largest absolute Gasteiger partial charge is 0.462 e. The maximum atomic E-state index is 12.2. The molecule has 1 atom stereocenters. The molecular formula is C19H26N2O4S. The van der Waals surface area contributed by atoms with Gasteiger partial charge in [-0.15, -0.1) is 11.3 Å². The van der Waals surface area contributed by atoms with E-state index >= 15 is 0 Å². The molecule has 1 fully saturated rings. The molecule has 7 heteroatoms. The number of furan rings is 1. The van der Waals surface area contributed by atoms with Crippen molar-refractivity contribution in [2.24, 2.45) is 0 Å². The van der Waals surface area contributed by atoms with E-state index in [0.717, 1.165) is 36.6 Å². The van der Waals surface area contributed by atoms with Crippen molar-refractivity contribution in [3.63, 3.8) is 0 Å². The molecule has 1 aliphatic rings. The van der Waals surface area contributed by atoms with Crippen molar-refractivity contribution in [1.82, 2.24) is 10.2 Å². The topological polar surface area (TPSA) is 74.9 Å². The van der Waals surface area contributed by atoms with E-state index < -0.39 is 0 Å². The Morgan fingerprint density at radius 2 is 2.23 bits per heavy atom. The van der Waals surface area contributed by atoms with Gasteiger partial charge in [0.2, 0.25) is 0 Å². The number of nitrogens with one attached hydrogen (secondary N) is 1. The van der Waals surface area contributed by atoms with E-state index in [-0.39, 0.29) is 12.5 Å². The number of carbonyl (C=O) groups is 1. The molecule has 2 aromatic heterocycles. The minimum Gasteiger partial charge on any atom is -0.462 e. The van der Waals surface area contributed by atoms with Gasteiger partial charge < -0.3 is 19.6 Å². The van der Waals surface area contributed by atoms with E-state index in [9.17, 15) is 4.79 Å². The van der Waals surface area contributed by atoms with E-state index in [4.69, 9.17) is 14.3 Å². The molecule has 2 N–H and O–H groups in total. The summed E-state index contributed by atoms with van der Waals surface area (Å²) in [5.74, 6) is 1.42. The van der Waals surface area contributed by atoms with Crippen molar-refractivity contribution in [1.29, 1.82) is 0 Å². The van der Waals surface area contributed by atoms with Gasteiger partial charge >= 0.3 is 0 Å². The summed E-state index contributed by atoms with van der Waals surface area (Å²) in [4.78, 5) is 16.6. The molecule has 0 unspecified atom stereocenters. The second-order valence-corrected chi connectivity index (χ2v) is 7.42. The summed E-state index contributed by atoms with van der Waals surface area (Å²) >= 11 is 1.56. The quantitative estimate of drug-likeness (QED) is 0.656. The van der Waals surface area contributed by atoms with Crippen molar-refractivity contribution >= 4 is 17.2 Å². The zero-order valence-electron chi connectivity index (χ0n) is 15.1. The number of aliphatic hydroxyl groups excluding tert-OH is 1. The first-order chi connectivity index (χ1) is 12.7. The summed E-state index contributed by atoms with van der Waals surface area (Å²) in [5, 5.41) is 12.0. The summed E-state index contributed by atoms with van der Waals surface area (Å²) in [6.45, 7) is 5.32. The zero-order valence-corrected chi connectivity index (χ0v) is 15.9. The summed E-state index contributed by atoms with van der Waals surface area (Å²) in [7, 11) is 0. The fourth-order valence-corrected chi connectivity index (χ4v) is 4.35. The minimum atomic E-state index is -0.0733. The monoisotopic (exact) mass is 378 g/mol. The first kappa shape index (κ1) is 19.1. The average Bonchev–Trinajstić information content (AvgIpc) is 3.38. The highest BCUT2D eigenvalue weighted by atomic mass is 32.1. The molecule has 142 valence electrons. The van der Waals surface area contributed by atoms with E-state index in [0.29, 0.717) is 31.6 Å². The van der Waals surface area contributed by atoms with Crippen LogP contribution in [0.2, 0.25) is 0 Å². The van der Waals surface area contributed by atoms with Gasteiger partial charge in [-0.3, -0.25) is 9.69 Å². The summed E-state index contributed by atoms with van der Waals surface area (Å²) in [6.07, 6.45) is 2.21. The number of ether oxygens (including phenoxy) is 1. The highest BCUT2D eigenvalue weighted by Crippen LogP contribution is 2.37. The number of likely N-dealkylation sites (tertiary alicyclic amines) is 1. The third-order valence-corrected chi connectivity index (χ3v) is 5.70. The van der Waals surface area contributed by atoms with Gasteiger partial charge in [0.1, 0.15) is 18.1 Å². The van der Waals surface area contributed by atoms with Crippen LogP contribution >= 0.6 is 11.3 Å². The Labute approximate surface area is 157 Å². The Balaban J connectivity index is 1.59. The number of aliphatic hydroxyl groups is 1. The molecule has 0 radical (unpaired) electrons. The Morgan fingerprint density at radius 3 is 3.00 bits per heavy atom. The third-order valence-electron chi connectivity index (χ3n) is 4.51. The van der Waals surface area contributed by atoms with Crippen LogP contribution in [0.3, 0.4) is 0 Å². The highest BCUT2D eigenvalue weighted by Gasteiger charge is 2.28. The number of rotatable bonds is 9. The summed E-state index contributed by atoms with van der Waals surface area (Å²) in [5.41, 5.74) is 0.